The fourth-order valence-electron chi connectivity index (χ4n) is 0. The van der Waals surface area contributed by atoms with E-state index >= 15 is 0 Å². The summed E-state index contributed by atoms with van der Waals surface area (Å²) in [6.07, 6.45) is 0. The van der Waals surface area contributed by atoms with Gasteiger partial charge in [0.2, 0.25) is 0 Å². The van der Waals surface area contributed by atoms with Crippen LogP contribution in [0.4, 0.5) is 0 Å². The topological polar surface area (TPSA) is 80.9 Å². The van der Waals surface area contributed by atoms with Crippen molar-refractivity contribution in [2.45, 2.75) is 0 Å². The van der Waals surface area contributed by atoms with Crippen molar-refractivity contribution < 1.29 is 123 Å². The van der Waals surface area contributed by atoms with Crippen LogP contribution in [-0.2, 0) is 0 Å². The number of rotatable bonds is 0. The molecule has 4 N–H and O–H groups in total. The van der Waals surface area contributed by atoms with E-state index in [2.05, 4.69) is 0 Å². The van der Waals surface area contributed by atoms with E-state index in [1.165, 1.54) is 0 Å². The van der Waals surface area contributed by atoms with Gasteiger partial charge in [0, 0.05) is 0 Å². The Balaban J connectivity index is -0.00000000533. The summed E-state index contributed by atoms with van der Waals surface area (Å²) in [4.78, 5) is 29.3. The molecular weight excluding hydrogens is 161 g/mol. The molecule has 38 valence electrons. The van der Waals surface area contributed by atoms with Crippen LogP contribution in [0, 0.1) is 0 Å². The van der Waals surface area contributed by atoms with Crippen molar-refractivity contribution in [1.29, 1.82) is 0 Å². The molecule has 0 bridgehead atoms. The third-order valence-corrected chi connectivity index (χ3v) is 0. The van der Waals surface area contributed by atoms with Crippen LogP contribution in [0.15, 0.2) is 0 Å². The van der Waals surface area contributed by atoms with Crippen molar-refractivity contribution in [3.05, 3.63) is 0 Å². The van der Waals surface area contributed by atoms with Crippen LogP contribution >= 0.6 is 0 Å². The minimum Gasteiger partial charge on any atom is -1.00 e. The Morgan fingerprint density at radius 3 is 1.00 bits per heavy atom. The summed E-state index contributed by atoms with van der Waals surface area (Å²) >= 11 is 0. The second-order valence-corrected chi connectivity index (χ2v) is 1.80. The number of hydrogen-bond donors (Lipinski definition) is 4. The van der Waals surface area contributed by atoms with Gasteiger partial charge in [-0.05, 0) is 0 Å². The minimum absolute atomic E-state index is 0. The first kappa shape index (κ1) is 22.5. The molecule has 0 saturated heterocycles. The molecule has 0 spiro atoms. The normalized spacial score (nSPS) is 7.50. The van der Waals surface area contributed by atoms with E-state index in [0.717, 1.165) is 0 Å². The van der Waals surface area contributed by atoms with Crippen molar-refractivity contribution in [2.24, 2.45) is 0 Å². The molecule has 0 aromatic heterocycles. The molecule has 0 saturated carbocycles. The Bertz CT molecular complexity index is 40.8. The van der Waals surface area contributed by atoms with Gasteiger partial charge in [0.1, 0.15) is 0 Å². The van der Waals surface area contributed by atoms with Gasteiger partial charge < -0.3 is 23.5 Å². The molecule has 0 fully saturated rings. The third kappa shape index (κ3) is 59.0. The van der Waals surface area contributed by atoms with Crippen LogP contribution in [0.5, 0.6) is 0 Å². The maximum absolute atomic E-state index is 7.33. The van der Waals surface area contributed by atoms with Crippen LogP contribution < -0.4 is 99.8 Å². The van der Waals surface area contributed by atoms with E-state index in [1.807, 2.05) is 0 Å². The first-order valence-corrected chi connectivity index (χ1v) is 2.68. The summed E-state index contributed by atoms with van der Waals surface area (Å²) in [5, 5.41) is 0. The molecule has 0 heterocycles. The van der Waals surface area contributed by atoms with Crippen LogP contribution in [0.25, 0.3) is 0 Å². The summed E-state index contributed by atoms with van der Waals surface area (Å²) in [6.45, 7) is 0. The molecule has 0 aliphatic heterocycles. The zero-order valence-corrected chi connectivity index (χ0v) is 11.4. The second kappa shape index (κ2) is 10.3. The van der Waals surface area contributed by atoms with Gasteiger partial charge in [-0.1, -0.05) is 0 Å². The maximum atomic E-state index is 7.33. The Morgan fingerprint density at radius 2 is 1.00 bits per heavy atom. The molecule has 0 unspecified atom stereocenters. The van der Waals surface area contributed by atoms with Crippen molar-refractivity contribution >= 4 is 9.05 Å². The predicted molar refractivity (Wildman–Crippen MR) is 18.0 cm³/mol. The smallest absolute Gasteiger partial charge is 1.00 e. The molecular formula is H7KLiNaO4Si. The van der Waals surface area contributed by atoms with Gasteiger partial charge in [0.15, 0.2) is 0 Å². The van der Waals surface area contributed by atoms with Gasteiger partial charge in [-0.15, -0.1) is 0 Å². The fourth-order valence-corrected chi connectivity index (χ4v) is 0. The molecule has 8 heavy (non-hydrogen) atoms. The Kier molecular flexibility index (Phi) is 28.9. The zero-order chi connectivity index (χ0) is 4.50. The molecule has 0 atom stereocenters. The summed E-state index contributed by atoms with van der Waals surface area (Å²) in [5.74, 6) is 0. The van der Waals surface area contributed by atoms with Crippen LogP contribution in [0.3, 0.4) is 0 Å². The SMILES string of the molecule is O[Si](O)(O)O.[H-].[H-].[H-].[K+].[Li+].[Na+]. The molecule has 0 aliphatic carbocycles. The molecule has 0 rings (SSSR count). The predicted octanol–water partition coefficient (Wildman–Crippen LogP) is -11.3. The molecule has 4 nitrogen and oxygen atoms in total. The summed E-state index contributed by atoms with van der Waals surface area (Å²) in [5.41, 5.74) is 0. The van der Waals surface area contributed by atoms with Gasteiger partial charge in [0.05, 0.1) is 0 Å². The van der Waals surface area contributed by atoms with Crippen LogP contribution in [-0.4, -0.2) is 28.2 Å². The summed E-state index contributed by atoms with van der Waals surface area (Å²) in [6, 6.07) is 0. The zero-order valence-electron chi connectivity index (χ0n) is 8.29. The molecule has 0 aromatic carbocycles. The average Bonchev–Trinajstić information content (AvgIpc) is 0.722. The van der Waals surface area contributed by atoms with E-state index in [-0.39, 0.29) is 104 Å². The van der Waals surface area contributed by atoms with E-state index in [4.69, 9.17) is 19.2 Å². The van der Waals surface area contributed by atoms with E-state index < -0.39 is 9.05 Å². The third-order valence-electron chi connectivity index (χ3n) is 0. The van der Waals surface area contributed by atoms with Crippen LogP contribution in [0.2, 0.25) is 0 Å². The van der Waals surface area contributed by atoms with Crippen molar-refractivity contribution in [2.75, 3.05) is 0 Å². The van der Waals surface area contributed by atoms with Crippen molar-refractivity contribution in [1.82, 2.24) is 0 Å². The van der Waals surface area contributed by atoms with Crippen molar-refractivity contribution in [3.8, 4) is 0 Å². The number of hydrogen-bond acceptors (Lipinski definition) is 4. The Labute approximate surface area is 130 Å². The monoisotopic (exact) mass is 168 g/mol. The van der Waals surface area contributed by atoms with Gasteiger partial charge in [0.25, 0.3) is 0 Å². The molecule has 0 radical (unpaired) electrons. The van der Waals surface area contributed by atoms with Crippen LogP contribution in [0.1, 0.15) is 4.28 Å². The average molecular weight is 168 g/mol. The Hall–Kier alpha value is 3.29. The van der Waals surface area contributed by atoms with E-state index in [0.29, 0.717) is 0 Å². The van der Waals surface area contributed by atoms with Crippen molar-refractivity contribution in [3.63, 3.8) is 0 Å². The Morgan fingerprint density at radius 1 is 1.00 bits per heavy atom. The van der Waals surface area contributed by atoms with E-state index in [9.17, 15) is 0 Å². The first-order chi connectivity index (χ1) is 2.00. The standard InChI is InChI=1S/K.Li.Na.H4O4Si.3H/c;;;1-5(2,3)4;;;/h;;;1-4H;;;/q3*+1;;3*-1. The van der Waals surface area contributed by atoms with Gasteiger partial charge >= 0.3 is 109 Å². The molecule has 0 aromatic rings. The molecule has 0 amide bonds. The van der Waals surface area contributed by atoms with E-state index in [1.54, 1.807) is 0 Å². The molecule has 0 aliphatic rings. The largest absolute Gasteiger partial charge is 1.00 e. The first-order valence-electron chi connectivity index (χ1n) is 0.894. The maximum Gasteiger partial charge on any atom is 1.00 e. The second-order valence-electron chi connectivity index (χ2n) is 0.600. The quantitative estimate of drug-likeness (QED) is 0.271. The van der Waals surface area contributed by atoms with Gasteiger partial charge in [-0.3, -0.25) is 0 Å². The minimum atomic E-state index is -4.61. The summed E-state index contributed by atoms with van der Waals surface area (Å²) < 4.78 is 0. The molecule has 8 heteroatoms. The summed E-state index contributed by atoms with van der Waals surface area (Å²) in [7, 11) is -4.61. The van der Waals surface area contributed by atoms with Gasteiger partial charge in [-0.25, -0.2) is 0 Å². The van der Waals surface area contributed by atoms with Gasteiger partial charge in [-0.2, -0.15) is 0 Å². The fraction of sp³-hybridized carbons (Fsp3) is 0.